The van der Waals surface area contributed by atoms with Gasteiger partial charge in [0.1, 0.15) is 6.29 Å². The highest BCUT2D eigenvalue weighted by atomic mass is 79.9. The number of aromatic nitrogens is 1. The molecule has 0 unspecified atom stereocenters. The van der Waals surface area contributed by atoms with Crippen molar-refractivity contribution in [3.8, 4) is 0 Å². The van der Waals surface area contributed by atoms with Crippen LogP contribution in [0.5, 0.6) is 0 Å². The van der Waals surface area contributed by atoms with Crippen LogP contribution in [0.4, 0.5) is 0 Å². The highest BCUT2D eigenvalue weighted by molar-refractivity contribution is 9.10. The summed E-state index contributed by atoms with van der Waals surface area (Å²) in [5.41, 5.74) is 4.94. The van der Waals surface area contributed by atoms with E-state index in [-0.39, 0.29) is 0 Å². The lowest BCUT2D eigenvalue weighted by Gasteiger charge is -2.10. The Morgan fingerprint density at radius 2 is 1.95 bits per heavy atom. The molecule has 0 aliphatic heterocycles. The average molecular weight is 362 g/mol. The molecule has 1 aromatic carbocycles. The highest BCUT2D eigenvalue weighted by Gasteiger charge is 2.15. The Bertz CT molecular complexity index is 798. The predicted molar refractivity (Wildman–Crippen MR) is 92.3 cm³/mol. The molecule has 0 N–H and O–H groups in total. The van der Waals surface area contributed by atoms with E-state index in [1.807, 2.05) is 11.3 Å². The van der Waals surface area contributed by atoms with Crippen molar-refractivity contribution >= 4 is 43.8 Å². The topological polar surface area (TPSA) is 22.0 Å². The van der Waals surface area contributed by atoms with Crippen molar-refractivity contribution < 1.29 is 4.79 Å². The Balaban J connectivity index is 2.11. The number of fused-ring (bicyclic) bond motifs is 1. The summed E-state index contributed by atoms with van der Waals surface area (Å²) < 4.78 is 4.64. The van der Waals surface area contributed by atoms with Gasteiger partial charge in [0.2, 0.25) is 0 Å². The van der Waals surface area contributed by atoms with Gasteiger partial charge in [-0.3, -0.25) is 0 Å². The summed E-state index contributed by atoms with van der Waals surface area (Å²) in [6, 6.07) is 10.5. The summed E-state index contributed by atoms with van der Waals surface area (Å²) >= 11 is 5.27. The van der Waals surface area contributed by atoms with Crippen LogP contribution in [0.3, 0.4) is 0 Å². The minimum atomic E-state index is 0.469. The van der Waals surface area contributed by atoms with E-state index in [1.165, 1.54) is 26.2 Å². The number of benzene rings is 1. The minimum Gasteiger partial charge on any atom is -0.339 e. The van der Waals surface area contributed by atoms with Crippen LogP contribution in [-0.4, -0.2) is 10.9 Å². The van der Waals surface area contributed by atoms with Crippen LogP contribution >= 0.6 is 27.3 Å². The standard InChI is InChI=1S/C17H16BrNOS/c1-11-12(2)21-16-9-15(7-8-20)19(17(11)16)10-13-3-5-14(18)6-4-13/h3-6,8-9H,7,10H2,1-2H3. The predicted octanol–water partition coefficient (Wildman–Crippen LogP) is 4.87. The Morgan fingerprint density at radius 1 is 1.24 bits per heavy atom. The average Bonchev–Trinajstić information content (AvgIpc) is 2.92. The smallest absolute Gasteiger partial charge is 0.125 e. The molecule has 0 saturated heterocycles. The molecule has 0 radical (unpaired) electrons. The lowest BCUT2D eigenvalue weighted by Crippen LogP contribution is -2.05. The molecule has 0 bridgehead atoms. The summed E-state index contributed by atoms with van der Waals surface area (Å²) in [6.45, 7) is 5.12. The van der Waals surface area contributed by atoms with Gasteiger partial charge in [0.05, 0.1) is 10.2 Å². The Morgan fingerprint density at radius 3 is 2.62 bits per heavy atom. The van der Waals surface area contributed by atoms with Crippen molar-refractivity contribution in [1.82, 2.24) is 4.57 Å². The molecule has 21 heavy (non-hydrogen) atoms. The van der Waals surface area contributed by atoms with Crippen molar-refractivity contribution in [3.05, 3.63) is 56.5 Å². The number of rotatable bonds is 4. The molecule has 0 atom stereocenters. The summed E-state index contributed by atoms with van der Waals surface area (Å²) in [7, 11) is 0. The Kier molecular flexibility index (Phi) is 4.00. The van der Waals surface area contributed by atoms with Crippen LogP contribution in [0, 0.1) is 13.8 Å². The number of aldehydes is 1. The van der Waals surface area contributed by atoms with Crippen LogP contribution in [0.2, 0.25) is 0 Å². The SMILES string of the molecule is Cc1sc2cc(CC=O)n(Cc3ccc(Br)cc3)c2c1C. The fourth-order valence-electron chi connectivity index (χ4n) is 2.65. The van der Waals surface area contributed by atoms with Crippen LogP contribution in [0.25, 0.3) is 10.2 Å². The highest BCUT2D eigenvalue weighted by Crippen LogP contribution is 2.33. The van der Waals surface area contributed by atoms with Gasteiger partial charge in [-0.2, -0.15) is 0 Å². The normalized spacial score (nSPS) is 11.2. The second kappa shape index (κ2) is 5.78. The molecular formula is C17H16BrNOS. The van der Waals surface area contributed by atoms with E-state index >= 15 is 0 Å². The first kappa shape index (κ1) is 14.5. The van der Waals surface area contributed by atoms with Gasteiger partial charge in [-0.1, -0.05) is 28.1 Å². The third-order valence-corrected chi connectivity index (χ3v) is 5.51. The molecule has 4 heteroatoms. The fourth-order valence-corrected chi connectivity index (χ4v) is 4.05. The van der Waals surface area contributed by atoms with Crippen LogP contribution in [0.15, 0.2) is 34.8 Å². The van der Waals surface area contributed by atoms with E-state index < -0.39 is 0 Å². The third kappa shape index (κ3) is 2.70. The number of carbonyl (C=O) groups is 1. The first-order valence-corrected chi connectivity index (χ1v) is 8.47. The first-order chi connectivity index (χ1) is 10.1. The third-order valence-electron chi connectivity index (χ3n) is 3.84. The lowest BCUT2D eigenvalue weighted by atomic mass is 10.2. The largest absolute Gasteiger partial charge is 0.339 e. The van der Waals surface area contributed by atoms with Gasteiger partial charge in [-0.25, -0.2) is 0 Å². The molecule has 0 aliphatic rings. The minimum absolute atomic E-state index is 0.469. The number of nitrogens with zero attached hydrogens (tertiary/aromatic N) is 1. The molecule has 0 aliphatic carbocycles. The first-order valence-electron chi connectivity index (χ1n) is 6.86. The molecule has 0 amide bonds. The maximum atomic E-state index is 11.0. The maximum Gasteiger partial charge on any atom is 0.125 e. The number of carbonyl (C=O) groups excluding carboxylic acids is 1. The number of thiophene rings is 1. The van der Waals surface area contributed by atoms with E-state index in [1.54, 1.807) is 0 Å². The molecule has 2 nitrogen and oxygen atoms in total. The molecule has 3 rings (SSSR count). The fraction of sp³-hybridized carbons (Fsp3) is 0.235. The van der Waals surface area contributed by atoms with Gasteiger partial charge in [0, 0.05) is 28.0 Å². The number of hydrogen-bond acceptors (Lipinski definition) is 2. The van der Waals surface area contributed by atoms with Crippen molar-refractivity contribution in [2.45, 2.75) is 26.8 Å². The van der Waals surface area contributed by atoms with E-state index in [2.05, 4.69) is 64.7 Å². The van der Waals surface area contributed by atoms with E-state index in [4.69, 9.17) is 0 Å². The second-order valence-electron chi connectivity index (χ2n) is 5.22. The molecule has 2 aromatic heterocycles. The summed E-state index contributed by atoms with van der Waals surface area (Å²) in [4.78, 5) is 12.3. The molecule has 108 valence electrons. The van der Waals surface area contributed by atoms with Gasteiger partial charge in [0.15, 0.2) is 0 Å². The van der Waals surface area contributed by atoms with Crippen LogP contribution in [-0.2, 0) is 17.8 Å². The van der Waals surface area contributed by atoms with Crippen molar-refractivity contribution in [2.75, 3.05) is 0 Å². The molecule has 0 fully saturated rings. The van der Waals surface area contributed by atoms with Gasteiger partial charge >= 0.3 is 0 Å². The molecule has 2 heterocycles. The van der Waals surface area contributed by atoms with Crippen LogP contribution in [0.1, 0.15) is 21.7 Å². The lowest BCUT2D eigenvalue weighted by molar-refractivity contribution is -0.107. The van der Waals surface area contributed by atoms with Gasteiger partial charge in [0.25, 0.3) is 0 Å². The monoisotopic (exact) mass is 361 g/mol. The van der Waals surface area contributed by atoms with Gasteiger partial charge in [-0.05, 0) is 43.2 Å². The Labute approximate surface area is 136 Å². The molecular weight excluding hydrogens is 346 g/mol. The zero-order valence-corrected chi connectivity index (χ0v) is 14.4. The Hall–Kier alpha value is -1.39. The summed E-state index contributed by atoms with van der Waals surface area (Å²) in [6.07, 6.45) is 1.45. The van der Waals surface area contributed by atoms with Gasteiger partial charge < -0.3 is 9.36 Å². The molecule has 3 aromatic rings. The van der Waals surface area contributed by atoms with Gasteiger partial charge in [-0.15, -0.1) is 11.3 Å². The number of hydrogen-bond donors (Lipinski definition) is 0. The van der Waals surface area contributed by atoms with E-state index in [0.29, 0.717) is 6.42 Å². The van der Waals surface area contributed by atoms with E-state index in [0.717, 1.165) is 23.0 Å². The zero-order chi connectivity index (χ0) is 15.0. The molecule has 0 saturated carbocycles. The quantitative estimate of drug-likeness (QED) is 0.607. The second-order valence-corrected chi connectivity index (χ2v) is 7.39. The zero-order valence-electron chi connectivity index (χ0n) is 12.0. The van der Waals surface area contributed by atoms with Crippen LogP contribution < -0.4 is 0 Å². The summed E-state index contributed by atoms with van der Waals surface area (Å²) in [5.74, 6) is 0. The maximum absolute atomic E-state index is 11.0. The number of halogens is 1. The van der Waals surface area contributed by atoms with E-state index in [9.17, 15) is 4.79 Å². The van der Waals surface area contributed by atoms with Crippen molar-refractivity contribution in [2.24, 2.45) is 0 Å². The van der Waals surface area contributed by atoms with Crippen molar-refractivity contribution in [1.29, 1.82) is 0 Å². The molecule has 0 spiro atoms. The van der Waals surface area contributed by atoms with Crippen molar-refractivity contribution in [3.63, 3.8) is 0 Å². The summed E-state index contributed by atoms with van der Waals surface area (Å²) in [5, 5.41) is 0. The number of aryl methyl sites for hydroxylation is 2.